The molecule has 0 aliphatic carbocycles. The molecule has 0 aromatic heterocycles. The minimum atomic E-state index is -0.886. The highest BCUT2D eigenvalue weighted by Crippen LogP contribution is 2.31. The summed E-state index contributed by atoms with van der Waals surface area (Å²) in [5.74, 6) is -0.950. The van der Waals surface area contributed by atoms with E-state index < -0.39 is 12.0 Å². The largest absolute Gasteiger partial charge is 0.480 e. The molecular formula is C14H18N2O3. The van der Waals surface area contributed by atoms with Crippen LogP contribution in [0.15, 0.2) is 24.3 Å². The zero-order valence-electron chi connectivity index (χ0n) is 11.2. The summed E-state index contributed by atoms with van der Waals surface area (Å²) in [6, 6.07) is 6.90. The Morgan fingerprint density at radius 3 is 2.74 bits per heavy atom. The third-order valence-corrected chi connectivity index (χ3v) is 3.58. The number of carboxylic acid groups (broad SMARTS) is 1. The summed E-state index contributed by atoms with van der Waals surface area (Å²) in [5.41, 5.74) is 1.84. The molecule has 0 saturated heterocycles. The van der Waals surface area contributed by atoms with E-state index in [0.717, 1.165) is 11.3 Å². The molecule has 1 unspecified atom stereocenters. The summed E-state index contributed by atoms with van der Waals surface area (Å²) in [7, 11) is 1.72. The molecule has 1 atom stereocenters. The van der Waals surface area contributed by atoms with Crippen LogP contribution in [0.3, 0.4) is 0 Å². The molecule has 1 N–H and O–H groups in total. The molecule has 5 heteroatoms. The molecule has 5 nitrogen and oxygen atoms in total. The van der Waals surface area contributed by atoms with E-state index in [1.807, 2.05) is 31.2 Å². The Hall–Kier alpha value is -2.04. The Kier molecular flexibility index (Phi) is 3.74. The summed E-state index contributed by atoms with van der Waals surface area (Å²) < 4.78 is 0. The topological polar surface area (TPSA) is 60.9 Å². The summed E-state index contributed by atoms with van der Waals surface area (Å²) in [6.45, 7) is 2.62. The van der Waals surface area contributed by atoms with Crippen molar-refractivity contribution in [1.82, 2.24) is 4.90 Å². The second kappa shape index (κ2) is 5.30. The van der Waals surface area contributed by atoms with Crippen LogP contribution in [-0.4, -0.2) is 48.1 Å². The van der Waals surface area contributed by atoms with Crippen molar-refractivity contribution in [2.24, 2.45) is 0 Å². The quantitative estimate of drug-likeness (QED) is 0.878. The number of anilines is 1. The Labute approximate surface area is 112 Å². The third-order valence-electron chi connectivity index (χ3n) is 3.58. The summed E-state index contributed by atoms with van der Waals surface area (Å²) in [5, 5.41) is 9.30. The number of hydrogen-bond donors (Lipinski definition) is 1. The van der Waals surface area contributed by atoms with E-state index in [1.54, 1.807) is 16.8 Å². The molecule has 1 heterocycles. The maximum Gasteiger partial charge on any atom is 0.326 e. The molecule has 2 rings (SSSR count). The van der Waals surface area contributed by atoms with E-state index in [-0.39, 0.29) is 12.5 Å². The number of fused-ring (bicyclic) bond motifs is 1. The van der Waals surface area contributed by atoms with Gasteiger partial charge in [-0.2, -0.15) is 0 Å². The second-order valence-corrected chi connectivity index (χ2v) is 4.72. The Bertz CT molecular complexity index is 501. The van der Waals surface area contributed by atoms with Crippen molar-refractivity contribution in [3.05, 3.63) is 29.8 Å². The van der Waals surface area contributed by atoms with Crippen molar-refractivity contribution < 1.29 is 14.7 Å². The number of carbonyl (C=O) groups excluding carboxylic acids is 1. The van der Waals surface area contributed by atoms with E-state index in [9.17, 15) is 14.7 Å². The van der Waals surface area contributed by atoms with Gasteiger partial charge in [-0.15, -0.1) is 0 Å². The van der Waals surface area contributed by atoms with Crippen molar-refractivity contribution in [2.75, 3.05) is 25.0 Å². The van der Waals surface area contributed by atoms with Gasteiger partial charge in [0.15, 0.2) is 0 Å². The van der Waals surface area contributed by atoms with Crippen molar-refractivity contribution in [3.8, 4) is 0 Å². The van der Waals surface area contributed by atoms with Crippen LogP contribution in [0.4, 0.5) is 5.69 Å². The number of nitrogens with zero attached hydrogens (tertiary/aromatic N) is 2. The van der Waals surface area contributed by atoms with Gasteiger partial charge >= 0.3 is 5.97 Å². The van der Waals surface area contributed by atoms with Crippen molar-refractivity contribution >= 4 is 17.6 Å². The zero-order valence-corrected chi connectivity index (χ0v) is 11.2. The lowest BCUT2D eigenvalue weighted by Gasteiger charge is -2.26. The number of amides is 1. The number of para-hydroxylation sites is 1. The van der Waals surface area contributed by atoms with Gasteiger partial charge in [-0.1, -0.05) is 18.2 Å². The van der Waals surface area contributed by atoms with Crippen LogP contribution in [0.1, 0.15) is 12.5 Å². The zero-order chi connectivity index (χ0) is 14.0. The molecule has 1 aliphatic heterocycles. The molecule has 0 fully saturated rings. The van der Waals surface area contributed by atoms with Crippen molar-refractivity contribution in [1.29, 1.82) is 0 Å². The van der Waals surface area contributed by atoms with Gasteiger partial charge in [0.1, 0.15) is 6.04 Å². The highest BCUT2D eigenvalue weighted by molar-refractivity contribution is 5.88. The first-order valence-electron chi connectivity index (χ1n) is 6.36. The SMILES string of the molecule is CCN(C)C(=O)CN1c2ccccc2CC1C(=O)O. The average Bonchev–Trinajstić information content (AvgIpc) is 2.77. The standard InChI is InChI=1S/C14H18N2O3/c1-3-15(2)13(17)9-16-11-7-5-4-6-10(11)8-12(16)14(18)19/h4-7,12H,3,8-9H2,1-2H3,(H,18,19). The van der Waals surface area contributed by atoms with Gasteiger partial charge in [-0.05, 0) is 18.6 Å². The first kappa shape index (κ1) is 13.4. The van der Waals surface area contributed by atoms with Crippen LogP contribution in [0.2, 0.25) is 0 Å². The molecule has 0 bridgehead atoms. The van der Waals surface area contributed by atoms with Crippen LogP contribution < -0.4 is 4.90 Å². The first-order valence-corrected chi connectivity index (χ1v) is 6.36. The molecule has 0 saturated carbocycles. The normalized spacial score (nSPS) is 17.2. The van der Waals surface area contributed by atoms with Gasteiger partial charge < -0.3 is 14.9 Å². The lowest BCUT2D eigenvalue weighted by molar-refractivity contribution is -0.138. The van der Waals surface area contributed by atoms with Gasteiger partial charge in [0.2, 0.25) is 5.91 Å². The number of aliphatic carboxylic acids is 1. The summed E-state index contributed by atoms with van der Waals surface area (Å²) in [6.07, 6.45) is 0.453. The first-order chi connectivity index (χ1) is 9.04. The number of carboxylic acids is 1. The molecule has 0 radical (unpaired) electrons. The highest BCUT2D eigenvalue weighted by atomic mass is 16.4. The van der Waals surface area contributed by atoms with Gasteiger partial charge in [0.25, 0.3) is 0 Å². The van der Waals surface area contributed by atoms with E-state index in [2.05, 4.69) is 0 Å². The molecule has 0 spiro atoms. The number of hydrogen-bond acceptors (Lipinski definition) is 3. The van der Waals surface area contributed by atoms with Gasteiger partial charge in [-0.25, -0.2) is 4.79 Å². The minimum Gasteiger partial charge on any atom is -0.480 e. The Morgan fingerprint density at radius 2 is 2.11 bits per heavy atom. The smallest absolute Gasteiger partial charge is 0.326 e. The summed E-state index contributed by atoms with van der Waals surface area (Å²) >= 11 is 0. The lowest BCUT2D eigenvalue weighted by Crippen LogP contribution is -2.45. The van der Waals surface area contributed by atoms with Gasteiger partial charge in [-0.3, -0.25) is 4.79 Å². The maximum absolute atomic E-state index is 12.0. The average molecular weight is 262 g/mol. The van der Waals surface area contributed by atoms with Crippen LogP contribution in [0.25, 0.3) is 0 Å². The minimum absolute atomic E-state index is 0.0644. The van der Waals surface area contributed by atoms with E-state index in [1.165, 1.54) is 0 Å². The molecule has 102 valence electrons. The monoisotopic (exact) mass is 262 g/mol. The fourth-order valence-corrected chi connectivity index (χ4v) is 2.31. The maximum atomic E-state index is 12.0. The molecule has 1 aromatic rings. The Morgan fingerprint density at radius 1 is 1.42 bits per heavy atom. The molecule has 1 aliphatic rings. The molecule has 1 aromatic carbocycles. The number of likely N-dealkylation sites (N-methyl/N-ethyl adjacent to an activating group) is 1. The van der Waals surface area contributed by atoms with E-state index >= 15 is 0 Å². The third kappa shape index (κ3) is 2.54. The Balaban J connectivity index is 2.24. The fourth-order valence-electron chi connectivity index (χ4n) is 2.31. The van der Waals surface area contributed by atoms with E-state index in [4.69, 9.17) is 0 Å². The van der Waals surface area contributed by atoms with Crippen molar-refractivity contribution in [3.63, 3.8) is 0 Å². The van der Waals surface area contributed by atoms with Crippen LogP contribution in [0, 0.1) is 0 Å². The molecular weight excluding hydrogens is 244 g/mol. The fraction of sp³-hybridized carbons (Fsp3) is 0.429. The van der Waals surface area contributed by atoms with Crippen LogP contribution in [-0.2, 0) is 16.0 Å². The number of carbonyl (C=O) groups is 2. The lowest BCUT2D eigenvalue weighted by atomic mass is 10.1. The van der Waals surface area contributed by atoms with E-state index in [0.29, 0.717) is 13.0 Å². The van der Waals surface area contributed by atoms with Crippen LogP contribution in [0.5, 0.6) is 0 Å². The predicted molar refractivity (Wildman–Crippen MR) is 72.2 cm³/mol. The molecule has 19 heavy (non-hydrogen) atoms. The number of rotatable bonds is 4. The molecule has 1 amide bonds. The summed E-state index contributed by atoms with van der Waals surface area (Å²) in [4.78, 5) is 26.6. The number of benzene rings is 1. The predicted octanol–water partition coefficient (Wildman–Crippen LogP) is 0.981. The van der Waals surface area contributed by atoms with Gasteiger partial charge in [0.05, 0.1) is 6.54 Å². The second-order valence-electron chi connectivity index (χ2n) is 4.72. The van der Waals surface area contributed by atoms with Gasteiger partial charge in [0, 0.05) is 25.7 Å². The highest BCUT2D eigenvalue weighted by Gasteiger charge is 2.35. The van der Waals surface area contributed by atoms with Crippen LogP contribution >= 0.6 is 0 Å². The van der Waals surface area contributed by atoms with Crippen molar-refractivity contribution in [2.45, 2.75) is 19.4 Å².